The quantitative estimate of drug-likeness (QED) is 0.777. The normalized spacial score (nSPS) is 12.7. The van der Waals surface area contributed by atoms with Crippen molar-refractivity contribution in [3.63, 3.8) is 0 Å². The molecule has 96 valence electrons. The van der Waals surface area contributed by atoms with Crippen LogP contribution in [0.25, 0.3) is 10.8 Å². The lowest BCUT2D eigenvalue weighted by Crippen LogP contribution is -2.02. The highest BCUT2D eigenvalue weighted by molar-refractivity contribution is 5.85. The smallest absolute Gasteiger partial charge is 0.109 e. The van der Waals surface area contributed by atoms with Gasteiger partial charge in [-0.15, -0.1) is 0 Å². The molecule has 0 spiro atoms. The number of fused-ring (bicyclic) bond motifs is 1. The van der Waals surface area contributed by atoms with Crippen LogP contribution in [0, 0.1) is 0 Å². The molecule has 1 N–H and O–H groups in total. The van der Waals surface area contributed by atoms with Crippen LogP contribution in [0.4, 0.5) is 0 Å². The third-order valence-electron chi connectivity index (χ3n) is 3.39. The van der Waals surface area contributed by atoms with Gasteiger partial charge in [0.15, 0.2) is 0 Å². The molecule has 3 rings (SSSR count). The van der Waals surface area contributed by atoms with Gasteiger partial charge >= 0.3 is 0 Å². The van der Waals surface area contributed by atoms with E-state index in [2.05, 4.69) is 4.98 Å². The molecule has 1 unspecified atom stereocenters. The molecule has 19 heavy (non-hydrogen) atoms. The van der Waals surface area contributed by atoms with Crippen LogP contribution in [-0.4, -0.2) is 10.1 Å². The first-order valence-corrected chi connectivity index (χ1v) is 6.38. The molecule has 0 amide bonds. The Morgan fingerprint density at radius 1 is 1.16 bits per heavy atom. The minimum absolute atomic E-state index is 0.702. The standard InChI is InChI=1S/C16H15NO2/c1-2-15-13(7-8-19-15)16(18)14-10-17-9-11-5-3-4-6-12(11)14/h3-10,16,18H,2H2,1H3. The molecule has 1 atom stereocenters. The summed E-state index contributed by atoms with van der Waals surface area (Å²) < 4.78 is 5.39. The van der Waals surface area contributed by atoms with Gasteiger partial charge in [0.1, 0.15) is 11.9 Å². The van der Waals surface area contributed by atoms with Gasteiger partial charge < -0.3 is 9.52 Å². The lowest BCUT2D eigenvalue weighted by Gasteiger charge is -2.13. The van der Waals surface area contributed by atoms with Crippen molar-refractivity contribution in [1.82, 2.24) is 4.98 Å². The Labute approximate surface area is 111 Å². The van der Waals surface area contributed by atoms with E-state index in [1.165, 1.54) is 0 Å². The zero-order chi connectivity index (χ0) is 13.2. The monoisotopic (exact) mass is 253 g/mol. The predicted molar refractivity (Wildman–Crippen MR) is 73.9 cm³/mol. The summed E-state index contributed by atoms with van der Waals surface area (Å²) in [6.07, 6.45) is 5.21. The van der Waals surface area contributed by atoms with E-state index in [-0.39, 0.29) is 0 Å². The van der Waals surface area contributed by atoms with Gasteiger partial charge in [-0.1, -0.05) is 31.2 Å². The highest BCUT2D eigenvalue weighted by Gasteiger charge is 2.18. The van der Waals surface area contributed by atoms with E-state index in [9.17, 15) is 5.11 Å². The molecular formula is C16H15NO2. The van der Waals surface area contributed by atoms with E-state index in [0.717, 1.165) is 34.1 Å². The lowest BCUT2D eigenvalue weighted by atomic mass is 9.98. The minimum Gasteiger partial charge on any atom is -0.469 e. The fourth-order valence-electron chi connectivity index (χ4n) is 2.41. The SMILES string of the molecule is CCc1occc1C(O)c1cncc2ccccc12. The first kappa shape index (κ1) is 11.9. The van der Waals surface area contributed by atoms with Gasteiger partial charge in [0.25, 0.3) is 0 Å². The van der Waals surface area contributed by atoms with E-state index in [1.807, 2.05) is 43.5 Å². The molecule has 3 nitrogen and oxygen atoms in total. The van der Waals surface area contributed by atoms with E-state index in [1.54, 1.807) is 12.5 Å². The molecule has 0 fully saturated rings. The Hall–Kier alpha value is -2.13. The van der Waals surface area contributed by atoms with Gasteiger partial charge in [0.2, 0.25) is 0 Å². The predicted octanol–water partition coefficient (Wildman–Crippen LogP) is 3.47. The van der Waals surface area contributed by atoms with Gasteiger partial charge in [0.05, 0.1) is 6.26 Å². The molecule has 2 heterocycles. The Balaban J connectivity index is 2.14. The fourth-order valence-corrected chi connectivity index (χ4v) is 2.41. The van der Waals surface area contributed by atoms with Crippen molar-refractivity contribution in [2.75, 3.05) is 0 Å². The number of nitrogens with zero attached hydrogens (tertiary/aromatic N) is 1. The van der Waals surface area contributed by atoms with Crippen LogP contribution in [0.5, 0.6) is 0 Å². The van der Waals surface area contributed by atoms with Crippen LogP contribution in [-0.2, 0) is 6.42 Å². The number of aliphatic hydroxyl groups is 1. The molecule has 0 aliphatic rings. The number of hydrogen-bond acceptors (Lipinski definition) is 3. The van der Waals surface area contributed by atoms with E-state index >= 15 is 0 Å². The summed E-state index contributed by atoms with van der Waals surface area (Å²) in [5, 5.41) is 12.6. The van der Waals surface area contributed by atoms with Crippen LogP contribution in [0.2, 0.25) is 0 Å². The van der Waals surface area contributed by atoms with Crippen LogP contribution in [0.3, 0.4) is 0 Å². The second-order valence-corrected chi connectivity index (χ2v) is 4.51. The Morgan fingerprint density at radius 3 is 2.84 bits per heavy atom. The Kier molecular flexibility index (Phi) is 3.05. The number of hydrogen-bond donors (Lipinski definition) is 1. The van der Waals surface area contributed by atoms with Crippen molar-refractivity contribution in [1.29, 1.82) is 0 Å². The van der Waals surface area contributed by atoms with Crippen LogP contribution in [0.15, 0.2) is 53.4 Å². The van der Waals surface area contributed by atoms with E-state index in [0.29, 0.717) is 0 Å². The average Bonchev–Trinajstić information content (AvgIpc) is 2.94. The summed E-state index contributed by atoms with van der Waals surface area (Å²) in [6.45, 7) is 2.01. The number of aromatic nitrogens is 1. The third-order valence-corrected chi connectivity index (χ3v) is 3.39. The molecule has 3 heteroatoms. The average molecular weight is 253 g/mol. The van der Waals surface area contributed by atoms with Crippen molar-refractivity contribution in [3.05, 3.63) is 65.9 Å². The summed E-state index contributed by atoms with van der Waals surface area (Å²) in [4.78, 5) is 4.21. The van der Waals surface area contributed by atoms with Gasteiger partial charge in [0, 0.05) is 35.3 Å². The topological polar surface area (TPSA) is 46.3 Å². The number of rotatable bonds is 3. The first-order valence-electron chi connectivity index (χ1n) is 6.38. The maximum Gasteiger partial charge on any atom is 0.109 e. The maximum atomic E-state index is 10.6. The third kappa shape index (κ3) is 2.02. The molecule has 0 aliphatic carbocycles. The van der Waals surface area contributed by atoms with Crippen molar-refractivity contribution in [2.45, 2.75) is 19.4 Å². The zero-order valence-electron chi connectivity index (χ0n) is 10.7. The Morgan fingerprint density at radius 2 is 2.00 bits per heavy atom. The van der Waals surface area contributed by atoms with Gasteiger partial charge in [-0.25, -0.2) is 0 Å². The molecule has 0 saturated heterocycles. The number of aryl methyl sites for hydroxylation is 1. The van der Waals surface area contributed by atoms with E-state index < -0.39 is 6.10 Å². The van der Waals surface area contributed by atoms with Crippen molar-refractivity contribution >= 4 is 10.8 Å². The molecule has 0 bridgehead atoms. The van der Waals surface area contributed by atoms with Crippen LogP contribution >= 0.6 is 0 Å². The van der Waals surface area contributed by atoms with Gasteiger partial charge in [-0.05, 0) is 11.5 Å². The van der Waals surface area contributed by atoms with Gasteiger partial charge in [-0.2, -0.15) is 0 Å². The fraction of sp³-hybridized carbons (Fsp3) is 0.188. The number of aliphatic hydroxyl groups excluding tert-OH is 1. The summed E-state index contributed by atoms with van der Waals surface area (Å²) in [5.41, 5.74) is 1.63. The first-order chi connectivity index (χ1) is 9.31. The van der Waals surface area contributed by atoms with Crippen molar-refractivity contribution in [2.24, 2.45) is 0 Å². The second kappa shape index (κ2) is 4.86. The largest absolute Gasteiger partial charge is 0.469 e. The zero-order valence-corrected chi connectivity index (χ0v) is 10.7. The minimum atomic E-state index is -0.702. The molecule has 0 radical (unpaired) electrons. The van der Waals surface area contributed by atoms with Crippen molar-refractivity contribution in [3.8, 4) is 0 Å². The number of pyridine rings is 1. The highest BCUT2D eigenvalue weighted by atomic mass is 16.3. The summed E-state index contributed by atoms with van der Waals surface area (Å²) in [5.74, 6) is 0.820. The molecule has 3 aromatic rings. The molecule has 1 aromatic carbocycles. The second-order valence-electron chi connectivity index (χ2n) is 4.51. The lowest BCUT2D eigenvalue weighted by molar-refractivity contribution is 0.218. The van der Waals surface area contributed by atoms with Crippen LogP contribution in [0.1, 0.15) is 29.9 Å². The van der Waals surface area contributed by atoms with Crippen LogP contribution < -0.4 is 0 Å². The maximum absolute atomic E-state index is 10.6. The number of furan rings is 1. The molecule has 0 saturated carbocycles. The molecule has 2 aromatic heterocycles. The molecule has 0 aliphatic heterocycles. The summed E-state index contributed by atoms with van der Waals surface area (Å²) in [6, 6.07) is 9.76. The summed E-state index contributed by atoms with van der Waals surface area (Å²) >= 11 is 0. The number of benzene rings is 1. The Bertz CT molecular complexity index is 697. The highest BCUT2D eigenvalue weighted by Crippen LogP contribution is 2.30. The summed E-state index contributed by atoms with van der Waals surface area (Å²) in [7, 11) is 0. The van der Waals surface area contributed by atoms with E-state index in [4.69, 9.17) is 4.42 Å². The molecular weight excluding hydrogens is 238 g/mol. The van der Waals surface area contributed by atoms with Gasteiger partial charge in [-0.3, -0.25) is 4.98 Å². The van der Waals surface area contributed by atoms with Crippen molar-refractivity contribution < 1.29 is 9.52 Å².